The van der Waals surface area contributed by atoms with Crippen molar-refractivity contribution in [2.24, 2.45) is 0 Å². The molecule has 2 fully saturated rings. The molecule has 1 amide bonds. The van der Waals surface area contributed by atoms with Crippen LogP contribution in [0.1, 0.15) is 41.0 Å². The van der Waals surface area contributed by atoms with Crippen LogP contribution < -0.4 is 5.32 Å². The minimum absolute atomic E-state index is 0.254. The Morgan fingerprint density at radius 1 is 1.35 bits per heavy atom. The van der Waals surface area contributed by atoms with Crippen LogP contribution in [0.3, 0.4) is 0 Å². The van der Waals surface area contributed by atoms with Crippen LogP contribution in [0.25, 0.3) is 4.85 Å². The monoisotopic (exact) mass is 282 g/mol. The molecule has 0 unspecified atom stereocenters. The molecule has 2 aliphatic rings. The molecule has 1 saturated heterocycles. The Balaban J connectivity index is 2.03. The molecule has 0 spiro atoms. The highest BCUT2D eigenvalue weighted by Gasteiger charge is 2.58. The lowest BCUT2D eigenvalue weighted by Gasteiger charge is -2.24. The van der Waals surface area contributed by atoms with Crippen molar-refractivity contribution in [1.82, 2.24) is 5.32 Å². The van der Waals surface area contributed by atoms with Gasteiger partial charge in [0.05, 0.1) is 6.04 Å². The first kappa shape index (κ1) is 15.1. The molecule has 0 aromatic heterocycles. The molecule has 2 rings (SSSR count). The topological polar surface area (TPSA) is 61.2 Å². The highest BCUT2D eigenvalue weighted by atomic mass is 16.8. The number of carbonyl (C=O) groups is 1. The molecule has 0 bridgehead atoms. The molecular formula is C14H22N2O4. The third-order valence-electron chi connectivity index (χ3n) is 3.30. The molecule has 1 saturated carbocycles. The SMILES string of the molecule is [C-]#[N+][C@H]1C[C@H](NC(=O)OC(C)(C)C)[C@@H]2OC(C)(C)O[C@@H]21. The molecule has 4 atom stereocenters. The summed E-state index contributed by atoms with van der Waals surface area (Å²) in [7, 11) is 0. The fourth-order valence-corrected chi connectivity index (χ4v) is 2.68. The summed E-state index contributed by atoms with van der Waals surface area (Å²) in [5, 5.41) is 2.80. The van der Waals surface area contributed by atoms with Crippen LogP contribution in [0.5, 0.6) is 0 Å². The fraction of sp³-hybridized carbons (Fsp3) is 0.857. The van der Waals surface area contributed by atoms with Gasteiger partial charge < -0.3 is 24.4 Å². The van der Waals surface area contributed by atoms with Crippen LogP contribution in [0.4, 0.5) is 4.79 Å². The molecule has 0 aromatic carbocycles. The molecule has 6 heteroatoms. The number of fused-ring (bicyclic) bond motifs is 1. The first-order chi connectivity index (χ1) is 9.11. The van der Waals surface area contributed by atoms with Gasteiger partial charge in [-0.05, 0) is 34.6 Å². The fourth-order valence-electron chi connectivity index (χ4n) is 2.68. The lowest BCUT2D eigenvalue weighted by atomic mass is 10.2. The summed E-state index contributed by atoms with van der Waals surface area (Å²) >= 11 is 0. The van der Waals surface area contributed by atoms with E-state index in [-0.39, 0.29) is 24.3 Å². The average molecular weight is 282 g/mol. The number of amides is 1. The van der Waals surface area contributed by atoms with Gasteiger partial charge in [0.15, 0.2) is 11.9 Å². The third kappa shape index (κ3) is 3.22. The summed E-state index contributed by atoms with van der Waals surface area (Å²) in [4.78, 5) is 15.4. The number of nitrogens with one attached hydrogen (secondary N) is 1. The first-order valence-corrected chi connectivity index (χ1v) is 6.83. The number of carbonyl (C=O) groups excluding carboxylic acids is 1. The lowest BCUT2D eigenvalue weighted by molar-refractivity contribution is -0.154. The maximum atomic E-state index is 11.9. The summed E-state index contributed by atoms with van der Waals surface area (Å²) < 4.78 is 16.8. The zero-order valence-electron chi connectivity index (χ0n) is 12.6. The summed E-state index contributed by atoms with van der Waals surface area (Å²) in [5.74, 6) is -0.716. The Hall–Kier alpha value is -1.32. The molecule has 1 heterocycles. The normalized spacial score (nSPS) is 35.2. The standard InChI is InChI=1S/C14H22N2O4/c1-13(2,3)20-12(17)16-9-7-8(15-6)10-11(9)19-14(4,5)18-10/h8-11H,7H2,1-5H3,(H,16,17)/t8-,9-,10+,11-/m0/s1. The molecule has 112 valence electrons. The average Bonchev–Trinajstić information content (AvgIpc) is 2.70. The van der Waals surface area contributed by atoms with E-state index < -0.39 is 17.5 Å². The van der Waals surface area contributed by atoms with E-state index in [9.17, 15) is 4.79 Å². The Morgan fingerprint density at radius 3 is 2.50 bits per heavy atom. The lowest BCUT2D eigenvalue weighted by Crippen LogP contribution is -2.45. The molecule has 20 heavy (non-hydrogen) atoms. The molecule has 1 aliphatic carbocycles. The van der Waals surface area contributed by atoms with Gasteiger partial charge in [0.25, 0.3) is 6.04 Å². The second-order valence-electron chi connectivity index (χ2n) is 6.75. The Bertz CT molecular complexity index is 435. The highest BCUT2D eigenvalue weighted by Crippen LogP contribution is 2.39. The van der Waals surface area contributed by atoms with E-state index in [0.717, 1.165) is 0 Å². The van der Waals surface area contributed by atoms with Gasteiger partial charge in [-0.1, -0.05) is 0 Å². The van der Waals surface area contributed by atoms with E-state index in [1.165, 1.54) is 0 Å². The maximum absolute atomic E-state index is 11.9. The number of hydrogen-bond acceptors (Lipinski definition) is 4. The van der Waals surface area contributed by atoms with Gasteiger partial charge in [-0.3, -0.25) is 0 Å². The summed E-state index contributed by atoms with van der Waals surface area (Å²) in [6.07, 6.45) is -0.548. The quantitative estimate of drug-likeness (QED) is 0.748. The number of ether oxygens (including phenoxy) is 3. The van der Waals surface area contributed by atoms with Crippen molar-refractivity contribution in [2.45, 2.75) is 76.7 Å². The van der Waals surface area contributed by atoms with Crippen molar-refractivity contribution in [2.75, 3.05) is 0 Å². The second kappa shape index (κ2) is 4.90. The first-order valence-electron chi connectivity index (χ1n) is 6.83. The van der Waals surface area contributed by atoms with Crippen molar-refractivity contribution >= 4 is 6.09 Å². The Labute approximate surface area is 119 Å². The number of nitrogens with zero attached hydrogens (tertiary/aromatic N) is 1. The summed E-state index contributed by atoms with van der Waals surface area (Å²) in [6, 6.07) is -0.544. The van der Waals surface area contributed by atoms with Crippen LogP contribution in [0.15, 0.2) is 0 Å². The van der Waals surface area contributed by atoms with Crippen molar-refractivity contribution < 1.29 is 19.0 Å². The summed E-state index contributed by atoms with van der Waals surface area (Å²) in [5.41, 5.74) is -0.548. The number of rotatable bonds is 1. The van der Waals surface area contributed by atoms with Gasteiger partial charge in [-0.25, -0.2) is 11.4 Å². The second-order valence-corrected chi connectivity index (χ2v) is 6.75. The van der Waals surface area contributed by atoms with E-state index in [1.807, 2.05) is 34.6 Å². The molecule has 0 radical (unpaired) electrons. The Kier molecular flexibility index (Phi) is 3.69. The highest BCUT2D eigenvalue weighted by molar-refractivity contribution is 5.68. The zero-order chi connectivity index (χ0) is 15.1. The van der Waals surface area contributed by atoms with Gasteiger partial charge in [0, 0.05) is 6.42 Å². The van der Waals surface area contributed by atoms with Gasteiger partial charge in [0.1, 0.15) is 11.7 Å². The molecule has 0 aromatic rings. The van der Waals surface area contributed by atoms with Crippen molar-refractivity contribution in [3.8, 4) is 0 Å². The van der Waals surface area contributed by atoms with Crippen LogP contribution in [-0.4, -0.2) is 41.8 Å². The minimum atomic E-state index is -0.716. The van der Waals surface area contributed by atoms with E-state index in [4.69, 9.17) is 20.8 Å². The smallest absolute Gasteiger partial charge is 0.407 e. The van der Waals surface area contributed by atoms with Gasteiger partial charge >= 0.3 is 6.09 Å². The van der Waals surface area contributed by atoms with Gasteiger partial charge in [0.2, 0.25) is 0 Å². The Morgan fingerprint density at radius 2 is 1.95 bits per heavy atom. The van der Waals surface area contributed by atoms with Crippen LogP contribution >= 0.6 is 0 Å². The van der Waals surface area contributed by atoms with Crippen molar-refractivity contribution in [1.29, 1.82) is 0 Å². The maximum Gasteiger partial charge on any atom is 0.407 e. The van der Waals surface area contributed by atoms with E-state index >= 15 is 0 Å². The predicted octanol–water partition coefficient (Wildman–Crippen LogP) is 2.09. The van der Waals surface area contributed by atoms with Gasteiger partial charge in [-0.2, -0.15) is 0 Å². The van der Waals surface area contributed by atoms with Crippen molar-refractivity contribution in [3.05, 3.63) is 11.4 Å². The molecular weight excluding hydrogens is 260 g/mol. The minimum Gasteiger partial charge on any atom is -0.444 e. The summed E-state index contributed by atoms with van der Waals surface area (Å²) in [6.45, 7) is 16.3. The zero-order valence-corrected chi connectivity index (χ0v) is 12.6. The van der Waals surface area contributed by atoms with E-state index in [1.54, 1.807) is 0 Å². The molecule has 6 nitrogen and oxygen atoms in total. The molecule has 1 N–H and O–H groups in total. The van der Waals surface area contributed by atoms with E-state index in [2.05, 4.69) is 10.2 Å². The van der Waals surface area contributed by atoms with Crippen LogP contribution in [0.2, 0.25) is 0 Å². The number of alkyl carbamates (subject to hydrolysis) is 1. The predicted molar refractivity (Wildman–Crippen MR) is 72.0 cm³/mol. The van der Waals surface area contributed by atoms with Crippen LogP contribution in [-0.2, 0) is 14.2 Å². The van der Waals surface area contributed by atoms with Gasteiger partial charge in [-0.15, -0.1) is 0 Å². The van der Waals surface area contributed by atoms with Crippen molar-refractivity contribution in [3.63, 3.8) is 0 Å². The largest absolute Gasteiger partial charge is 0.444 e. The molecule has 1 aliphatic heterocycles. The third-order valence-corrected chi connectivity index (χ3v) is 3.30. The van der Waals surface area contributed by atoms with E-state index in [0.29, 0.717) is 6.42 Å². The number of hydrogen-bond donors (Lipinski definition) is 1. The van der Waals surface area contributed by atoms with Crippen LogP contribution in [0, 0.1) is 6.57 Å².